The highest BCUT2D eigenvalue weighted by Gasteiger charge is 2.32. The Kier molecular flexibility index (Phi) is 7.35. The third-order valence-corrected chi connectivity index (χ3v) is 6.23. The van der Waals surface area contributed by atoms with E-state index in [0.717, 1.165) is 38.0 Å². The van der Waals surface area contributed by atoms with E-state index < -0.39 is 21.5 Å². The molecule has 1 aliphatic heterocycles. The number of anilines is 1. The van der Waals surface area contributed by atoms with Crippen LogP contribution in [0.3, 0.4) is 0 Å². The fourth-order valence-corrected chi connectivity index (χ4v) is 4.30. The van der Waals surface area contributed by atoms with Gasteiger partial charge in [0.25, 0.3) is 10.1 Å². The summed E-state index contributed by atoms with van der Waals surface area (Å²) in [5.74, 6) is 0.0226. The first-order chi connectivity index (χ1) is 15.5. The minimum atomic E-state index is -3.67. The molecular weight excluding hydrogens is 450 g/mol. The molecule has 1 aliphatic carbocycles. The third kappa shape index (κ3) is 5.66. The predicted octanol–water partition coefficient (Wildman–Crippen LogP) is 1.98. The molecule has 0 bridgehead atoms. The van der Waals surface area contributed by atoms with Gasteiger partial charge in [0, 0.05) is 31.4 Å². The highest BCUT2D eigenvalue weighted by Crippen LogP contribution is 2.43. The van der Waals surface area contributed by atoms with E-state index in [9.17, 15) is 23.1 Å². The van der Waals surface area contributed by atoms with Crippen LogP contribution < -0.4 is 20.4 Å². The molecular formula is C22H31N3O7S. The monoisotopic (exact) mass is 481 g/mol. The number of ether oxygens (including phenoxy) is 1. The number of aromatic nitrogens is 1. The van der Waals surface area contributed by atoms with Crippen LogP contribution in [0, 0.1) is 5.92 Å². The van der Waals surface area contributed by atoms with Crippen LogP contribution >= 0.6 is 0 Å². The molecule has 11 heteroatoms. The molecule has 10 nitrogen and oxygen atoms in total. The van der Waals surface area contributed by atoms with Crippen molar-refractivity contribution >= 4 is 32.7 Å². The fraction of sp³-hybridized carbons (Fsp3) is 0.545. The molecule has 0 spiro atoms. The molecule has 33 heavy (non-hydrogen) atoms. The maximum atomic E-state index is 12.8. The van der Waals surface area contributed by atoms with Crippen LogP contribution in [0.5, 0.6) is 5.75 Å². The second kappa shape index (κ2) is 9.70. The van der Waals surface area contributed by atoms with E-state index in [2.05, 4.69) is 17.1 Å². The first-order valence-electron chi connectivity index (χ1n) is 10.8. The van der Waals surface area contributed by atoms with Gasteiger partial charge in [-0.2, -0.15) is 8.42 Å². The summed E-state index contributed by atoms with van der Waals surface area (Å²) in [5.41, 5.74) is 1.05. The van der Waals surface area contributed by atoms with Crippen LogP contribution in [0.25, 0.3) is 10.9 Å². The van der Waals surface area contributed by atoms with Crippen molar-refractivity contribution in [2.45, 2.75) is 38.3 Å². The van der Waals surface area contributed by atoms with Gasteiger partial charge in [0.15, 0.2) is 5.75 Å². The maximum absolute atomic E-state index is 12.8. The highest BCUT2D eigenvalue weighted by atomic mass is 32.2. The van der Waals surface area contributed by atoms with Gasteiger partial charge in [-0.15, -0.1) is 0 Å². The normalized spacial score (nSPS) is 19.2. The highest BCUT2D eigenvalue weighted by molar-refractivity contribution is 7.85. The zero-order valence-corrected chi connectivity index (χ0v) is 20.1. The number of aromatic carboxylic acids is 1. The molecule has 182 valence electrons. The van der Waals surface area contributed by atoms with E-state index >= 15 is 0 Å². The van der Waals surface area contributed by atoms with Gasteiger partial charge in [-0.25, -0.2) is 4.79 Å². The SMILES string of the molecule is CN[C@@H](C)C1CCN(c2ccc3c(=O)c(C(=O)O)cn(C4CC4)c3c2OC)C1.CS(=O)(=O)O. The smallest absolute Gasteiger partial charge is 0.341 e. The van der Waals surface area contributed by atoms with E-state index in [1.54, 1.807) is 13.2 Å². The Bertz CT molecular complexity index is 1200. The van der Waals surface area contributed by atoms with Gasteiger partial charge in [0.1, 0.15) is 5.56 Å². The van der Waals surface area contributed by atoms with Gasteiger partial charge < -0.3 is 24.6 Å². The molecule has 1 aromatic carbocycles. The Morgan fingerprint density at radius 2 is 1.91 bits per heavy atom. The summed E-state index contributed by atoms with van der Waals surface area (Å²) < 4.78 is 33.6. The van der Waals surface area contributed by atoms with Crippen molar-refractivity contribution in [3.8, 4) is 5.75 Å². The summed E-state index contributed by atoms with van der Waals surface area (Å²) in [4.78, 5) is 26.6. The standard InChI is InChI=1S/C21H27N3O4.CH4O3S/c1-12(22-2)13-8-9-23(10-13)17-7-6-15-18(20(17)28-3)24(14-4-5-14)11-16(19(15)25)21(26)27;1-5(2,3)4/h6-7,11-14,22H,4-5,8-10H2,1-3H3,(H,26,27);1H3,(H,2,3,4)/t12-,13?;/m0./s1. The Balaban J connectivity index is 0.000000555. The van der Waals surface area contributed by atoms with Crippen LogP contribution in [-0.4, -0.2) is 68.2 Å². The number of nitrogens with zero attached hydrogens (tertiary/aromatic N) is 2. The number of carbonyl (C=O) groups is 1. The minimum absolute atomic E-state index is 0.182. The molecule has 1 unspecified atom stereocenters. The number of methoxy groups -OCH3 is 1. The van der Waals surface area contributed by atoms with Gasteiger partial charge in [-0.1, -0.05) is 0 Å². The molecule has 0 amide bonds. The molecule has 3 N–H and O–H groups in total. The van der Waals surface area contributed by atoms with Gasteiger partial charge in [0.05, 0.1) is 30.0 Å². The van der Waals surface area contributed by atoms with Gasteiger partial charge >= 0.3 is 5.97 Å². The van der Waals surface area contributed by atoms with E-state index in [1.807, 2.05) is 17.7 Å². The average Bonchev–Trinajstić information content (AvgIpc) is 3.47. The van der Waals surface area contributed by atoms with Crippen molar-refractivity contribution in [1.29, 1.82) is 0 Å². The predicted molar refractivity (Wildman–Crippen MR) is 126 cm³/mol. The molecule has 1 saturated heterocycles. The number of hydrogen-bond donors (Lipinski definition) is 3. The molecule has 0 radical (unpaired) electrons. The fourth-order valence-electron chi connectivity index (χ4n) is 4.30. The lowest BCUT2D eigenvalue weighted by Gasteiger charge is -2.25. The van der Waals surface area contributed by atoms with Gasteiger partial charge in [0.2, 0.25) is 5.43 Å². The lowest BCUT2D eigenvalue weighted by molar-refractivity contribution is 0.0694. The third-order valence-electron chi connectivity index (χ3n) is 6.23. The van der Waals surface area contributed by atoms with E-state index in [1.165, 1.54) is 6.20 Å². The van der Waals surface area contributed by atoms with Gasteiger partial charge in [-0.05, 0) is 51.3 Å². The molecule has 2 heterocycles. The Labute approximate surface area is 192 Å². The van der Waals surface area contributed by atoms with E-state index in [0.29, 0.717) is 34.9 Å². The second-order valence-corrected chi connectivity index (χ2v) is 10.1. The molecule has 1 saturated carbocycles. The summed E-state index contributed by atoms with van der Waals surface area (Å²) >= 11 is 0. The number of hydrogen-bond acceptors (Lipinski definition) is 7. The molecule has 2 fully saturated rings. The number of nitrogens with one attached hydrogen (secondary N) is 1. The summed E-state index contributed by atoms with van der Waals surface area (Å²) in [6, 6.07) is 4.31. The molecule has 2 aliphatic rings. The summed E-state index contributed by atoms with van der Waals surface area (Å²) in [6.45, 7) is 4.05. The van der Waals surface area contributed by atoms with Crippen LogP contribution in [0.1, 0.15) is 42.6 Å². The Morgan fingerprint density at radius 1 is 1.27 bits per heavy atom. The number of fused-ring (bicyclic) bond motifs is 1. The summed E-state index contributed by atoms with van der Waals surface area (Å²) in [7, 11) is -0.0623. The van der Waals surface area contributed by atoms with E-state index in [4.69, 9.17) is 9.29 Å². The van der Waals surface area contributed by atoms with Crippen LogP contribution in [-0.2, 0) is 10.1 Å². The maximum Gasteiger partial charge on any atom is 0.341 e. The van der Waals surface area contributed by atoms with Gasteiger partial charge in [-0.3, -0.25) is 9.35 Å². The lowest BCUT2D eigenvalue weighted by atomic mass is 10.0. The number of benzene rings is 1. The molecule has 4 rings (SSSR count). The first kappa shape index (κ1) is 25.0. The largest absolute Gasteiger partial charge is 0.492 e. The topological polar surface area (TPSA) is 138 Å². The van der Waals surface area contributed by atoms with Crippen molar-refractivity contribution in [2.75, 3.05) is 38.4 Å². The quantitative estimate of drug-likeness (QED) is 0.529. The zero-order chi connectivity index (χ0) is 24.5. The Hall–Kier alpha value is -2.63. The molecule has 2 atom stereocenters. The first-order valence-corrected chi connectivity index (χ1v) is 12.6. The second-order valence-electron chi connectivity index (χ2n) is 8.63. The van der Waals surface area contributed by atoms with Crippen molar-refractivity contribution in [3.05, 3.63) is 34.1 Å². The average molecular weight is 482 g/mol. The summed E-state index contributed by atoms with van der Waals surface area (Å²) in [5, 5.41) is 13.2. The van der Waals surface area contributed by atoms with Crippen molar-refractivity contribution in [2.24, 2.45) is 5.92 Å². The molecule has 2 aromatic rings. The lowest BCUT2D eigenvalue weighted by Crippen LogP contribution is -2.32. The summed E-state index contributed by atoms with van der Waals surface area (Å²) in [6.07, 6.45) is 5.27. The zero-order valence-electron chi connectivity index (χ0n) is 19.2. The van der Waals surface area contributed by atoms with Crippen molar-refractivity contribution in [3.63, 3.8) is 0 Å². The van der Waals surface area contributed by atoms with E-state index in [-0.39, 0.29) is 11.6 Å². The minimum Gasteiger partial charge on any atom is -0.492 e. The van der Waals surface area contributed by atoms with Crippen LogP contribution in [0.2, 0.25) is 0 Å². The Morgan fingerprint density at radius 3 is 2.42 bits per heavy atom. The van der Waals surface area contributed by atoms with Crippen molar-refractivity contribution < 1.29 is 27.6 Å². The number of carboxylic acids is 1. The van der Waals surface area contributed by atoms with Crippen molar-refractivity contribution in [1.82, 2.24) is 9.88 Å². The molecule has 1 aromatic heterocycles. The number of pyridine rings is 1. The number of rotatable bonds is 6. The van der Waals surface area contributed by atoms with Crippen LogP contribution in [0.15, 0.2) is 23.1 Å². The number of carboxylic acid groups (broad SMARTS) is 1. The van der Waals surface area contributed by atoms with Crippen LogP contribution in [0.4, 0.5) is 5.69 Å².